The van der Waals surface area contributed by atoms with Crippen LogP contribution in [-0.2, 0) is 19.1 Å². The number of unbranched alkanes of at least 4 members (excludes halogenated alkanes) is 1. The molecule has 0 aromatic carbocycles. The van der Waals surface area contributed by atoms with Crippen LogP contribution < -0.4 is 0 Å². The van der Waals surface area contributed by atoms with Crippen LogP contribution in [0.4, 0.5) is 0 Å². The highest BCUT2D eigenvalue weighted by molar-refractivity contribution is 5.90. The highest BCUT2D eigenvalue weighted by Gasteiger charge is 2.40. The normalized spacial score (nSPS) is 28.4. The predicted octanol–water partition coefficient (Wildman–Crippen LogP) is 4.90. The monoisotopic (exact) mass is 406 g/mol. The van der Waals surface area contributed by atoms with Crippen LogP contribution in [0.25, 0.3) is 0 Å². The highest BCUT2D eigenvalue weighted by atomic mass is 16.6. The fourth-order valence-corrected chi connectivity index (χ4v) is 3.86. The Morgan fingerprint density at radius 2 is 2.00 bits per heavy atom. The van der Waals surface area contributed by atoms with E-state index in [9.17, 15) is 14.4 Å². The van der Waals surface area contributed by atoms with Crippen LogP contribution in [0.1, 0.15) is 72.1 Å². The van der Waals surface area contributed by atoms with E-state index in [0.717, 1.165) is 25.7 Å². The third-order valence-electron chi connectivity index (χ3n) is 5.89. The van der Waals surface area contributed by atoms with Gasteiger partial charge in [0.15, 0.2) is 0 Å². The Kier molecular flexibility index (Phi) is 9.34. The zero-order valence-corrected chi connectivity index (χ0v) is 17.8. The molecule has 0 saturated heterocycles. The van der Waals surface area contributed by atoms with Crippen molar-refractivity contribution in [3.63, 3.8) is 0 Å². The Bertz CT molecular complexity index is 677. The van der Waals surface area contributed by atoms with E-state index in [1.54, 1.807) is 0 Å². The van der Waals surface area contributed by atoms with E-state index in [0.29, 0.717) is 5.92 Å². The first kappa shape index (κ1) is 24.7. The molecule has 2 N–H and O–H groups in total. The van der Waals surface area contributed by atoms with Crippen molar-refractivity contribution in [3.8, 4) is 0 Å². The van der Waals surface area contributed by atoms with Gasteiger partial charge in [-0.3, -0.25) is 4.79 Å². The molecule has 0 aromatic heterocycles. The maximum absolute atomic E-state index is 11.5. The number of carboxylic acid groups (broad SMARTS) is 2. The Morgan fingerprint density at radius 1 is 1.31 bits per heavy atom. The molecular formula is C23H34O6. The molecule has 6 nitrogen and oxygen atoms in total. The first-order valence-corrected chi connectivity index (χ1v) is 10.3. The number of carboxylic acids is 2. The van der Waals surface area contributed by atoms with Crippen LogP contribution in [0.2, 0.25) is 0 Å². The average Bonchev–Trinajstić information content (AvgIpc) is 2.69. The topological polar surface area (TPSA) is 101 Å². The molecule has 1 fully saturated rings. The van der Waals surface area contributed by atoms with Crippen molar-refractivity contribution in [2.75, 3.05) is 0 Å². The van der Waals surface area contributed by atoms with Crippen LogP contribution in [0, 0.1) is 11.3 Å². The fraction of sp³-hybridized carbons (Fsp3) is 0.609. The van der Waals surface area contributed by atoms with Crippen molar-refractivity contribution in [2.45, 2.75) is 77.7 Å². The van der Waals surface area contributed by atoms with E-state index in [1.165, 1.54) is 50.5 Å². The van der Waals surface area contributed by atoms with Gasteiger partial charge in [-0.2, -0.15) is 0 Å². The van der Waals surface area contributed by atoms with Crippen LogP contribution in [0.5, 0.6) is 0 Å². The molecule has 0 amide bonds. The van der Waals surface area contributed by atoms with Gasteiger partial charge in [0, 0.05) is 11.6 Å². The number of hydrogen-bond acceptors (Lipinski definition) is 4. The summed E-state index contributed by atoms with van der Waals surface area (Å²) in [6, 6.07) is 0. The lowest BCUT2D eigenvalue weighted by Crippen LogP contribution is -2.43. The lowest BCUT2D eigenvalue weighted by molar-refractivity contribution is -0.165. The van der Waals surface area contributed by atoms with Gasteiger partial charge in [-0.1, -0.05) is 51.5 Å². The number of rotatable bonds is 7. The van der Waals surface area contributed by atoms with Gasteiger partial charge in [-0.25, -0.2) is 9.59 Å². The van der Waals surface area contributed by atoms with Gasteiger partial charge in [-0.15, -0.1) is 0 Å². The summed E-state index contributed by atoms with van der Waals surface area (Å²) >= 11 is 0. The average molecular weight is 407 g/mol. The molecular weight excluding hydrogens is 372 g/mol. The van der Waals surface area contributed by atoms with Crippen molar-refractivity contribution in [3.05, 3.63) is 36.5 Å². The van der Waals surface area contributed by atoms with Gasteiger partial charge < -0.3 is 14.9 Å². The zero-order chi connectivity index (χ0) is 22.1. The van der Waals surface area contributed by atoms with Gasteiger partial charge in [0.25, 0.3) is 0 Å². The fourth-order valence-electron chi connectivity index (χ4n) is 3.86. The van der Waals surface area contributed by atoms with Gasteiger partial charge >= 0.3 is 17.9 Å². The van der Waals surface area contributed by atoms with E-state index >= 15 is 0 Å². The highest BCUT2D eigenvalue weighted by Crippen LogP contribution is 2.40. The van der Waals surface area contributed by atoms with Crippen molar-refractivity contribution in [1.82, 2.24) is 0 Å². The maximum atomic E-state index is 11.5. The summed E-state index contributed by atoms with van der Waals surface area (Å²) in [4.78, 5) is 32.8. The lowest BCUT2D eigenvalue weighted by atomic mass is 9.73. The second-order valence-electron chi connectivity index (χ2n) is 8.20. The number of esters is 1. The zero-order valence-electron chi connectivity index (χ0n) is 17.8. The molecule has 0 spiro atoms. The molecule has 29 heavy (non-hydrogen) atoms. The molecule has 3 atom stereocenters. The molecule has 162 valence electrons. The molecule has 6 heteroatoms. The molecule has 2 rings (SSSR count). The third-order valence-corrected chi connectivity index (χ3v) is 5.89. The molecule has 0 aliphatic heterocycles. The smallest absolute Gasteiger partial charge is 0.331 e. The Hall–Kier alpha value is -2.37. The molecule has 0 aromatic rings. The van der Waals surface area contributed by atoms with E-state index in [-0.39, 0.29) is 23.6 Å². The lowest BCUT2D eigenvalue weighted by Gasteiger charge is -2.42. The van der Waals surface area contributed by atoms with Gasteiger partial charge in [0.2, 0.25) is 0 Å². The number of allylic oxidation sites excluding steroid dienone is 2. The van der Waals surface area contributed by atoms with E-state index in [4.69, 9.17) is 14.9 Å². The summed E-state index contributed by atoms with van der Waals surface area (Å²) < 4.78 is 5.69. The third kappa shape index (κ3) is 6.87. The Balaban J connectivity index is 0.000000296. The number of ether oxygens (including phenoxy) is 1. The Labute approximate surface area is 173 Å². The SMILES string of the molecule is C=CC(=O)OC1(CCCC)CCCCC1C.CC1(C(=O)O)C=CC=C(C(=O)O)C1. The molecule has 1 saturated carbocycles. The molecule has 2 aliphatic carbocycles. The second-order valence-corrected chi connectivity index (χ2v) is 8.20. The first-order valence-electron chi connectivity index (χ1n) is 10.3. The van der Waals surface area contributed by atoms with Crippen molar-refractivity contribution >= 4 is 17.9 Å². The number of carbonyl (C=O) groups is 3. The number of hydrogen-bond donors (Lipinski definition) is 2. The summed E-state index contributed by atoms with van der Waals surface area (Å²) in [6.45, 7) is 9.38. The van der Waals surface area contributed by atoms with Gasteiger partial charge in [-0.05, 0) is 51.4 Å². The summed E-state index contributed by atoms with van der Waals surface area (Å²) in [5.74, 6) is -1.84. The molecule has 0 radical (unpaired) electrons. The minimum absolute atomic E-state index is 0.0359. The van der Waals surface area contributed by atoms with Crippen molar-refractivity contribution in [1.29, 1.82) is 0 Å². The Morgan fingerprint density at radius 3 is 2.52 bits per heavy atom. The van der Waals surface area contributed by atoms with Crippen LogP contribution >= 0.6 is 0 Å². The van der Waals surface area contributed by atoms with Crippen LogP contribution in [0.15, 0.2) is 36.5 Å². The predicted molar refractivity (Wildman–Crippen MR) is 111 cm³/mol. The molecule has 2 aliphatic rings. The van der Waals surface area contributed by atoms with Crippen LogP contribution in [-0.4, -0.2) is 33.7 Å². The molecule has 0 heterocycles. The van der Waals surface area contributed by atoms with Gasteiger partial charge in [0.1, 0.15) is 5.60 Å². The summed E-state index contributed by atoms with van der Waals surface area (Å²) in [7, 11) is 0. The summed E-state index contributed by atoms with van der Waals surface area (Å²) in [5.41, 5.74) is -1.16. The largest absolute Gasteiger partial charge is 0.481 e. The summed E-state index contributed by atoms with van der Waals surface area (Å²) in [6.07, 6.45) is 13.7. The van der Waals surface area contributed by atoms with Crippen LogP contribution in [0.3, 0.4) is 0 Å². The van der Waals surface area contributed by atoms with Crippen molar-refractivity contribution in [2.24, 2.45) is 11.3 Å². The standard InChI is InChI=1S/C14H24O2.C9H10O4/c1-4-6-10-14(16-13(15)5-2)11-8-7-9-12(14)3;1-9(8(12)13)4-2-3-6(5-9)7(10)11/h5,12H,2,4,6-11H2,1,3H3;2-4H,5H2,1H3,(H,10,11)(H,12,13). The molecule has 3 unspecified atom stereocenters. The quantitative estimate of drug-likeness (QED) is 0.460. The van der Waals surface area contributed by atoms with Gasteiger partial charge in [0.05, 0.1) is 5.41 Å². The second kappa shape index (κ2) is 11.0. The first-order chi connectivity index (χ1) is 13.6. The van der Waals surface area contributed by atoms with E-state index in [1.807, 2.05) is 0 Å². The number of aliphatic carboxylic acids is 2. The minimum atomic E-state index is -1.08. The van der Waals surface area contributed by atoms with E-state index in [2.05, 4.69) is 20.4 Å². The maximum Gasteiger partial charge on any atom is 0.331 e. The van der Waals surface area contributed by atoms with E-state index < -0.39 is 17.4 Å². The number of carbonyl (C=O) groups excluding carboxylic acids is 1. The molecule has 0 bridgehead atoms. The van der Waals surface area contributed by atoms with Crippen molar-refractivity contribution < 1.29 is 29.3 Å². The minimum Gasteiger partial charge on any atom is -0.481 e. The summed E-state index contributed by atoms with van der Waals surface area (Å²) in [5, 5.41) is 17.5.